The molecule has 0 saturated heterocycles. The average molecular weight is 534 g/mol. The number of nitrogens with zero attached hydrogens (tertiary/aromatic N) is 3. The number of benzene rings is 6. The lowest BCUT2D eigenvalue weighted by molar-refractivity contribution is 1.19. The Balaban J connectivity index is 1.60. The smallest absolute Gasteiger partial charge is 0.162 e. The molecule has 10 aromatic rings. The fraction of sp³-hybridized carbons (Fsp3) is 0. The second kappa shape index (κ2) is 7.96. The van der Waals surface area contributed by atoms with E-state index in [-0.39, 0.29) is 0 Å². The molecule has 10 rings (SSSR count). The molecule has 0 amide bonds. The first-order chi connectivity index (χ1) is 20.9. The molecule has 6 aromatic carbocycles. The Morgan fingerprint density at radius 3 is 1.48 bits per heavy atom. The van der Waals surface area contributed by atoms with Gasteiger partial charge in [-0.3, -0.25) is 4.40 Å². The maximum Gasteiger partial charge on any atom is 0.162 e. The molecule has 0 aliphatic heterocycles. The summed E-state index contributed by atoms with van der Waals surface area (Å²) >= 11 is 0. The molecule has 194 valence electrons. The van der Waals surface area contributed by atoms with Gasteiger partial charge in [-0.05, 0) is 57.3 Å². The summed E-state index contributed by atoms with van der Waals surface area (Å²) in [6.45, 7) is 0. The third-order valence-electron chi connectivity index (χ3n) is 9.07. The van der Waals surface area contributed by atoms with Gasteiger partial charge >= 0.3 is 0 Å². The van der Waals surface area contributed by atoms with Crippen LogP contribution in [0.1, 0.15) is 0 Å². The van der Waals surface area contributed by atoms with Crippen LogP contribution in [0.5, 0.6) is 0 Å². The first-order valence-electron chi connectivity index (χ1n) is 14.4. The van der Waals surface area contributed by atoms with Gasteiger partial charge in [0.25, 0.3) is 0 Å². The Hall–Kier alpha value is -5.67. The van der Waals surface area contributed by atoms with Gasteiger partial charge in [-0.15, -0.1) is 0 Å². The van der Waals surface area contributed by atoms with E-state index in [1.54, 1.807) is 0 Å². The van der Waals surface area contributed by atoms with Crippen molar-refractivity contribution < 1.29 is 0 Å². The van der Waals surface area contributed by atoms with E-state index in [0.717, 1.165) is 11.2 Å². The monoisotopic (exact) mass is 533 g/mol. The average Bonchev–Trinajstić information content (AvgIpc) is 3.60. The number of aromatic nitrogens is 3. The van der Waals surface area contributed by atoms with Crippen molar-refractivity contribution in [1.29, 1.82) is 0 Å². The minimum atomic E-state index is 0.967. The molecule has 3 nitrogen and oxygen atoms in total. The molecule has 0 aliphatic carbocycles. The summed E-state index contributed by atoms with van der Waals surface area (Å²) in [7, 11) is 0. The van der Waals surface area contributed by atoms with Crippen LogP contribution in [-0.4, -0.2) is 13.8 Å². The van der Waals surface area contributed by atoms with Crippen LogP contribution in [-0.2, 0) is 0 Å². The minimum Gasteiger partial charge on any atom is -0.304 e. The third-order valence-corrected chi connectivity index (χ3v) is 9.07. The van der Waals surface area contributed by atoms with Crippen molar-refractivity contribution in [3.63, 3.8) is 0 Å². The minimum absolute atomic E-state index is 0.967. The molecular weight excluding hydrogens is 510 g/mol. The Labute approximate surface area is 240 Å². The standard InChI is InChI=1S/C39H23N3/c1-3-12-24(13-4-1)26-18-9-20-30-33(26)35-28-16-7-8-17-29(28)36-34-27(25-14-5-2-6-15-25)19-10-21-31(34)42-38(36)37(35)41(30)32-22-11-23-40-39(32)42/h1-23H. The van der Waals surface area contributed by atoms with Crippen molar-refractivity contribution in [2.24, 2.45) is 0 Å². The van der Waals surface area contributed by atoms with Gasteiger partial charge in [-0.2, -0.15) is 0 Å². The Kier molecular flexibility index (Phi) is 4.18. The molecule has 0 saturated carbocycles. The second-order valence-electron chi connectivity index (χ2n) is 11.1. The first-order valence-corrected chi connectivity index (χ1v) is 14.4. The van der Waals surface area contributed by atoms with Crippen LogP contribution in [0.4, 0.5) is 0 Å². The predicted molar refractivity (Wildman–Crippen MR) is 176 cm³/mol. The van der Waals surface area contributed by atoms with Gasteiger partial charge in [0.15, 0.2) is 5.65 Å². The molecule has 4 heterocycles. The Morgan fingerprint density at radius 1 is 0.381 bits per heavy atom. The lowest BCUT2D eigenvalue weighted by Crippen LogP contribution is -1.99. The predicted octanol–water partition coefficient (Wildman–Crippen LogP) is 10.1. The molecular formula is C39H23N3. The van der Waals surface area contributed by atoms with Gasteiger partial charge in [-0.1, -0.05) is 109 Å². The second-order valence-corrected chi connectivity index (χ2v) is 11.1. The molecule has 0 radical (unpaired) electrons. The topological polar surface area (TPSA) is 21.7 Å². The highest BCUT2D eigenvalue weighted by molar-refractivity contribution is 6.39. The number of hydrogen-bond acceptors (Lipinski definition) is 1. The summed E-state index contributed by atoms with van der Waals surface area (Å²) < 4.78 is 4.89. The van der Waals surface area contributed by atoms with Crippen LogP contribution < -0.4 is 0 Å². The SMILES string of the molecule is c1ccc(-c2cccc3c2c2c4ccccc4c4c5c(-c6ccccc6)cccc5n5c6ncccc6n3c2c45)cc1. The molecule has 0 aliphatic rings. The lowest BCUT2D eigenvalue weighted by Gasteiger charge is -2.12. The van der Waals surface area contributed by atoms with Crippen LogP contribution in [0.25, 0.3) is 87.8 Å². The van der Waals surface area contributed by atoms with E-state index in [9.17, 15) is 0 Å². The van der Waals surface area contributed by atoms with E-state index >= 15 is 0 Å². The molecule has 0 unspecified atom stereocenters. The largest absolute Gasteiger partial charge is 0.304 e. The number of rotatable bonds is 2. The maximum absolute atomic E-state index is 5.04. The van der Waals surface area contributed by atoms with E-state index in [4.69, 9.17) is 4.98 Å². The van der Waals surface area contributed by atoms with Crippen LogP contribution >= 0.6 is 0 Å². The highest BCUT2D eigenvalue weighted by Gasteiger charge is 2.27. The summed E-state index contributed by atoms with van der Waals surface area (Å²) in [5.74, 6) is 0. The van der Waals surface area contributed by atoms with Crippen LogP contribution in [0.2, 0.25) is 0 Å². The van der Waals surface area contributed by atoms with Crippen molar-refractivity contribution in [3.8, 4) is 22.3 Å². The number of hydrogen-bond donors (Lipinski definition) is 0. The quantitative estimate of drug-likeness (QED) is 0.203. The summed E-state index contributed by atoms with van der Waals surface area (Å²) in [6.07, 6.45) is 1.92. The highest BCUT2D eigenvalue weighted by Crippen LogP contribution is 2.49. The first kappa shape index (κ1) is 22.1. The summed E-state index contributed by atoms with van der Waals surface area (Å²) in [6, 6.07) is 48.2. The molecule has 3 heteroatoms. The van der Waals surface area contributed by atoms with Crippen LogP contribution in [0.3, 0.4) is 0 Å². The number of fused-ring (bicyclic) bond motifs is 12. The molecule has 0 N–H and O–H groups in total. The van der Waals surface area contributed by atoms with Gasteiger partial charge in [0.2, 0.25) is 0 Å². The zero-order valence-electron chi connectivity index (χ0n) is 22.6. The van der Waals surface area contributed by atoms with Gasteiger partial charge in [0.1, 0.15) is 0 Å². The zero-order valence-corrected chi connectivity index (χ0v) is 22.6. The van der Waals surface area contributed by atoms with E-state index in [0.29, 0.717) is 0 Å². The molecule has 0 fully saturated rings. The van der Waals surface area contributed by atoms with Gasteiger partial charge in [0, 0.05) is 27.7 Å². The maximum atomic E-state index is 5.04. The van der Waals surface area contributed by atoms with Crippen LogP contribution in [0.15, 0.2) is 140 Å². The Bertz CT molecular complexity index is 2470. The lowest BCUT2D eigenvalue weighted by atomic mass is 9.93. The Morgan fingerprint density at radius 2 is 0.881 bits per heavy atom. The molecule has 0 atom stereocenters. The fourth-order valence-electron chi connectivity index (χ4n) is 7.49. The van der Waals surface area contributed by atoms with Crippen molar-refractivity contribution in [2.45, 2.75) is 0 Å². The van der Waals surface area contributed by atoms with Crippen LogP contribution in [0, 0.1) is 0 Å². The third kappa shape index (κ3) is 2.63. The summed E-state index contributed by atoms with van der Waals surface area (Å²) in [5.41, 5.74) is 11.9. The number of pyridine rings is 1. The molecule has 42 heavy (non-hydrogen) atoms. The summed E-state index contributed by atoms with van der Waals surface area (Å²) in [4.78, 5) is 5.04. The normalized spacial score (nSPS) is 12.3. The van der Waals surface area contributed by atoms with Crippen molar-refractivity contribution in [1.82, 2.24) is 13.8 Å². The van der Waals surface area contributed by atoms with Crippen molar-refractivity contribution >= 4 is 65.5 Å². The van der Waals surface area contributed by atoms with Gasteiger partial charge < -0.3 is 4.40 Å². The fourth-order valence-corrected chi connectivity index (χ4v) is 7.49. The van der Waals surface area contributed by atoms with Crippen molar-refractivity contribution in [3.05, 3.63) is 140 Å². The van der Waals surface area contributed by atoms with Gasteiger partial charge in [-0.25, -0.2) is 4.98 Å². The van der Waals surface area contributed by atoms with E-state index in [1.807, 2.05) is 6.20 Å². The van der Waals surface area contributed by atoms with E-state index < -0.39 is 0 Å². The van der Waals surface area contributed by atoms with Gasteiger partial charge in [0.05, 0.1) is 27.6 Å². The highest BCUT2D eigenvalue weighted by atomic mass is 15.1. The molecule has 4 aromatic heterocycles. The van der Waals surface area contributed by atoms with E-state index in [1.165, 1.54) is 76.6 Å². The zero-order chi connectivity index (χ0) is 27.4. The summed E-state index contributed by atoms with van der Waals surface area (Å²) in [5, 5.41) is 7.69. The van der Waals surface area contributed by atoms with E-state index in [2.05, 4.69) is 142 Å². The van der Waals surface area contributed by atoms with Crippen molar-refractivity contribution in [2.75, 3.05) is 0 Å². The molecule has 0 bridgehead atoms. The molecule has 0 spiro atoms.